The van der Waals surface area contributed by atoms with Crippen molar-refractivity contribution in [3.05, 3.63) is 47.2 Å². The van der Waals surface area contributed by atoms with Crippen molar-refractivity contribution in [1.82, 2.24) is 0 Å². The quantitative estimate of drug-likeness (QED) is 0.793. The van der Waals surface area contributed by atoms with E-state index in [4.69, 9.17) is 14.5 Å². The molecule has 0 aromatic heterocycles. The van der Waals surface area contributed by atoms with Gasteiger partial charge in [0.15, 0.2) is 0 Å². The fraction of sp³-hybridized carbons (Fsp3) is 0.385. The summed E-state index contributed by atoms with van der Waals surface area (Å²) in [6.07, 6.45) is 0.816. The third kappa shape index (κ3) is 1.23. The highest BCUT2D eigenvalue weighted by atomic mass is 17.2. The highest BCUT2D eigenvalue weighted by molar-refractivity contribution is 5.47. The van der Waals surface area contributed by atoms with E-state index >= 15 is 0 Å². The molecule has 0 saturated carbocycles. The van der Waals surface area contributed by atoms with E-state index in [0.717, 1.165) is 11.1 Å². The molecule has 1 aliphatic carbocycles. The van der Waals surface area contributed by atoms with Gasteiger partial charge < -0.3 is 9.84 Å². The van der Waals surface area contributed by atoms with Crippen LogP contribution in [-0.4, -0.2) is 18.3 Å². The van der Waals surface area contributed by atoms with Crippen LogP contribution in [0, 0.1) is 0 Å². The second-order valence-electron chi connectivity index (χ2n) is 4.33. The summed E-state index contributed by atoms with van der Waals surface area (Å²) in [7, 11) is 1.57. The summed E-state index contributed by atoms with van der Waals surface area (Å²) in [4.78, 5) is 10.7. The monoisotopic (exact) mass is 234 g/mol. The molecule has 2 bridgehead atoms. The molecule has 17 heavy (non-hydrogen) atoms. The van der Waals surface area contributed by atoms with Gasteiger partial charge in [-0.1, -0.05) is 24.3 Å². The van der Waals surface area contributed by atoms with E-state index in [9.17, 15) is 5.11 Å². The number of rotatable bonds is 2. The smallest absolute Gasteiger partial charge is 0.210 e. The van der Waals surface area contributed by atoms with E-state index in [0.29, 0.717) is 5.76 Å². The van der Waals surface area contributed by atoms with Crippen LogP contribution in [0.2, 0.25) is 0 Å². The van der Waals surface area contributed by atoms with Crippen molar-refractivity contribution in [2.45, 2.75) is 24.7 Å². The lowest BCUT2D eigenvalue weighted by atomic mass is 9.77. The fourth-order valence-electron chi connectivity index (χ4n) is 2.58. The van der Waals surface area contributed by atoms with Crippen molar-refractivity contribution in [3.63, 3.8) is 0 Å². The molecule has 1 N–H and O–H groups in total. The Balaban J connectivity index is 2.26. The van der Waals surface area contributed by atoms with Crippen molar-refractivity contribution in [3.8, 4) is 0 Å². The van der Waals surface area contributed by atoms with Gasteiger partial charge in [-0.3, -0.25) is 0 Å². The topological polar surface area (TPSA) is 47.9 Å². The van der Waals surface area contributed by atoms with Crippen molar-refractivity contribution >= 4 is 0 Å². The van der Waals surface area contributed by atoms with Crippen LogP contribution in [0.5, 0.6) is 0 Å². The van der Waals surface area contributed by atoms with Gasteiger partial charge in [0.1, 0.15) is 11.9 Å². The number of aliphatic hydroxyl groups is 1. The zero-order valence-corrected chi connectivity index (χ0v) is 9.71. The summed E-state index contributed by atoms with van der Waals surface area (Å²) in [5.74, 6) is 0.599. The second kappa shape index (κ2) is 3.57. The number of aliphatic hydroxyl groups excluding tert-OH is 1. The average molecular weight is 234 g/mol. The van der Waals surface area contributed by atoms with Crippen molar-refractivity contribution in [2.24, 2.45) is 0 Å². The van der Waals surface area contributed by atoms with Crippen LogP contribution in [0.3, 0.4) is 0 Å². The highest BCUT2D eigenvalue weighted by Gasteiger charge is 2.54. The van der Waals surface area contributed by atoms with E-state index in [1.165, 1.54) is 0 Å². The lowest BCUT2D eigenvalue weighted by Crippen LogP contribution is -2.49. The van der Waals surface area contributed by atoms with Crippen molar-refractivity contribution in [1.29, 1.82) is 0 Å². The molecule has 0 unspecified atom stereocenters. The molecule has 3 atom stereocenters. The molecule has 90 valence electrons. The number of benzene rings is 1. The van der Waals surface area contributed by atoms with E-state index < -0.39 is 11.7 Å². The second-order valence-corrected chi connectivity index (χ2v) is 4.33. The van der Waals surface area contributed by atoms with Crippen molar-refractivity contribution in [2.75, 3.05) is 7.11 Å². The number of hydrogen-bond donors (Lipinski definition) is 1. The molecule has 4 heteroatoms. The Labute approximate surface area is 99.3 Å². The molecule has 2 heterocycles. The molecule has 0 amide bonds. The number of fused-ring (bicyclic) bond motifs is 1. The van der Waals surface area contributed by atoms with Gasteiger partial charge in [0.2, 0.25) is 5.60 Å². The highest BCUT2D eigenvalue weighted by Crippen LogP contribution is 2.51. The Hall–Kier alpha value is -1.36. The van der Waals surface area contributed by atoms with Gasteiger partial charge >= 0.3 is 0 Å². The van der Waals surface area contributed by atoms with Gasteiger partial charge in [0.25, 0.3) is 0 Å². The molecule has 4 nitrogen and oxygen atoms in total. The maximum absolute atomic E-state index is 10.1. The third-order valence-electron chi connectivity index (χ3n) is 3.43. The predicted molar refractivity (Wildman–Crippen MR) is 59.8 cm³/mol. The Morgan fingerprint density at radius 1 is 1.41 bits per heavy atom. The molecule has 0 fully saturated rings. The third-order valence-corrected chi connectivity index (χ3v) is 3.43. The van der Waals surface area contributed by atoms with Gasteiger partial charge in [-0.25, -0.2) is 9.78 Å². The number of hydrogen-bond acceptors (Lipinski definition) is 4. The Kier molecular flexibility index (Phi) is 2.26. The Morgan fingerprint density at radius 2 is 2.18 bits per heavy atom. The van der Waals surface area contributed by atoms with Gasteiger partial charge in [-0.2, -0.15) is 0 Å². The van der Waals surface area contributed by atoms with Crippen LogP contribution >= 0.6 is 0 Å². The van der Waals surface area contributed by atoms with E-state index in [2.05, 4.69) is 0 Å². The maximum atomic E-state index is 10.1. The predicted octanol–water partition coefficient (Wildman–Crippen LogP) is 1.81. The summed E-state index contributed by atoms with van der Waals surface area (Å²) in [6, 6.07) is 7.77. The molecular weight excluding hydrogens is 220 g/mol. The lowest BCUT2D eigenvalue weighted by molar-refractivity contribution is -0.415. The summed E-state index contributed by atoms with van der Waals surface area (Å²) in [5, 5.41) is 10.1. The van der Waals surface area contributed by atoms with Gasteiger partial charge in [-0.05, 0) is 18.6 Å². The van der Waals surface area contributed by atoms with Gasteiger partial charge in [0, 0.05) is 5.56 Å². The van der Waals surface area contributed by atoms with Gasteiger partial charge in [0.05, 0.1) is 13.2 Å². The molecule has 0 saturated heterocycles. The molecule has 1 aromatic rings. The fourth-order valence-corrected chi connectivity index (χ4v) is 2.58. The van der Waals surface area contributed by atoms with Crippen LogP contribution in [0.15, 0.2) is 36.1 Å². The normalized spacial score (nSPS) is 31.7. The van der Waals surface area contributed by atoms with E-state index in [1.54, 1.807) is 14.0 Å². The Bertz CT molecular complexity index is 480. The molecule has 0 spiro atoms. The zero-order chi connectivity index (χ0) is 12.0. The largest absolute Gasteiger partial charge is 0.498 e. The molecule has 4 rings (SSSR count). The lowest BCUT2D eigenvalue weighted by Gasteiger charge is -2.46. The maximum Gasteiger partial charge on any atom is 0.210 e. The van der Waals surface area contributed by atoms with E-state index in [1.807, 2.05) is 30.3 Å². The van der Waals surface area contributed by atoms with Crippen LogP contribution in [-0.2, 0) is 20.1 Å². The van der Waals surface area contributed by atoms with E-state index in [-0.39, 0.29) is 6.10 Å². The van der Waals surface area contributed by atoms with Crippen LogP contribution < -0.4 is 0 Å². The standard InChI is InChI=1S/C13H14O4/c1-8(14)13-10-6-4-3-5-9(10)11(16-17-13)7-12(13)15-2/h3-8,11,14H,1-2H3/t8-,11-,13-/m1/s1. The first kappa shape index (κ1) is 10.8. The summed E-state index contributed by atoms with van der Waals surface area (Å²) in [6.45, 7) is 1.67. The van der Waals surface area contributed by atoms with Crippen LogP contribution in [0.4, 0.5) is 0 Å². The first-order chi connectivity index (χ1) is 8.20. The van der Waals surface area contributed by atoms with Crippen LogP contribution in [0.1, 0.15) is 24.2 Å². The molecular formula is C13H14O4. The average Bonchev–Trinajstić information content (AvgIpc) is 2.39. The van der Waals surface area contributed by atoms with Crippen molar-refractivity contribution < 1.29 is 19.6 Å². The molecule has 1 aromatic carbocycles. The first-order valence-electron chi connectivity index (χ1n) is 5.58. The minimum atomic E-state index is -1.04. The van der Waals surface area contributed by atoms with Gasteiger partial charge in [-0.15, -0.1) is 0 Å². The minimum absolute atomic E-state index is 0.262. The SMILES string of the molecule is COC1=C[C@H]2OO[C@]1([C@@H](C)O)c1ccccc12. The first-order valence-corrected chi connectivity index (χ1v) is 5.58. The zero-order valence-electron chi connectivity index (χ0n) is 9.71. The molecule has 0 radical (unpaired) electrons. The van der Waals surface area contributed by atoms with Crippen LogP contribution in [0.25, 0.3) is 0 Å². The molecule has 3 aliphatic rings. The number of methoxy groups -OCH3 is 1. The summed E-state index contributed by atoms with van der Waals surface area (Å²) in [5.41, 5.74) is 0.881. The minimum Gasteiger partial charge on any atom is -0.498 e. The summed E-state index contributed by atoms with van der Waals surface area (Å²) < 4.78 is 5.34. The number of ether oxygens (including phenoxy) is 1. The molecule has 2 aliphatic heterocycles. The Morgan fingerprint density at radius 3 is 2.88 bits per heavy atom. The summed E-state index contributed by atoms with van der Waals surface area (Å²) >= 11 is 0.